The first kappa shape index (κ1) is 8.86. The van der Waals surface area contributed by atoms with Gasteiger partial charge in [-0.25, -0.2) is 4.89 Å². The van der Waals surface area contributed by atoms with Gasteiger partial charge in [0, 0.05) is 0 Å². The summed E-state index contributed by atoms with van der Waals surface area (Å²) in [5.74, 6) is 0. The first-order chi connectivity index (χ1) is 1.91. The van der Waals surface area contributed by atoms with E-state index in [1.165, 1.54) is 0 Å². The van der Waals surface area contributed by atoms with Crippen LogP contribution in [0.2, 0.25) is 0 Å². The molecule has 0 aromatic carbocycles. The fraction of sp³-hybridized carbons (Fsp3) is 1.00. The Morgan fingerprint density at radius 3 is 2.00 bits per heavy atom. The van der Waals surface area contributed by atoms with Gasteiger partial charge in [-0.3, -0.25) is 10.7 Å². The predicted molar refractivity (Wildman–Crippen MR) is 16.2 cm³/mol. The van der Waals surface area contributed by atoms with E-state index in [4.69, 9.17) is 5.26 Å². The van der Waals surface area contributed by atoms with E-state index in [1.807, 2.05) is 0 Å². The summed E-state index contributed by atoms with van der Waals surface area (Å²) in [5.41, 5.74) is 0. The third-order valence-electron chi connectivity index (χ3n) is 0.129. The standard InChI is InChI=1S/C2H6O2.HO/c1-2-4-3;/h3H,2H2,1H3;1H. The summed E-state index contributed by atoms with van der Waals surface area (Å²) >= 11 is 0. The highest BCUT2D eigenvalue weighted by molar-refractivity contribution is 3.88. The minimum absolute atomic E-state index is 0. The van der Waals surface area contributed by atoms with Crippen molar-refractivity contribution in [1.82, 2.24) is 0 Å². The van der Waals surface area contributed by atoms with Crippen LogP contribution in [0.25, 0.3) is 0 Å². The zero-order valence-electron chi connectivity index (χ0n) is 3.01. The molecule has 0 atom stereocenters. The molecule has 0 saturated carbocycles. The van der Waals surface area contributed by atoms with Crippen LogP contribution in [0, 0.1) is 0 Å². The average molecular weight is 79.1 g/mol. The van der Waals surface area contributed by atoms with Gasteiger partial charge in [0.2, 0.25) is 0 Å². The number of hydrogen-bond donors (Lipinski definition) is 2. The highest BCUT2D eigenvalue weighted by Crippen LogP contribution is 1.51. The van der Waals surface area contributed by atoms with Crippen molar-refractivity contribution in [2.75, 3.05) is 6.61 Å². The second-order valence-corrected chi connectivity index (χ2v) is 0.418. The SMILES string of the molecule is CCOO.[OH]. The molecule has 3 heteroatoms. The molecule has 0 heterocycles. The molecule has 0 spiro atoms. The van der Waals surface area contributed by atoms with E-state index in [9.17, 15) is 0 Å². The van der Waals surface area contributed by atoms with Crippen LogP contribution in [0.4, 0.5) is 0 Å². The van der Waals surface area contributed by atoms with Gasteiger partial charge in [0.05, 0.1) is 6.61 Å². The Balaban J connectivity index is 0. The van der Waals surface area contributed by atoms with Crippen LogP contribution >= 0.6 is 0 Å². The summed E-state index contributed by atoms with van der Waals surface area (Å²) in [7, 11) is 0. The molecule has 5 heavy (non-hydrogen) atoms. The van der Waals surface area contributed by atoms with E-state index in [0.29, 0.717) is 6.61 Å². The fourth-order valence-electron chi connectivity index (χ4n) is 0. The maximum Gasteiger partial charge on any atom is 0.0791 e. The van der Waals surface area contributed by atoms with E-state index in [2.05, 4.69) is 4.89 Å². The molecule has 0 aliphatic heterocycles. The molecule has 0 aliphatic rings. The fourth-order valence-corrected chi connectivity index (χ4v) is 0. The monoisotopic (exact) mass is 79.0 g/mol. The molecule has 3 nitrogen and oxygen atoms in total. The van der Waals surface area contributed by atoms with Gasteiger partial charge in [-0.15, -0.1) is 0 Å². The van der Waals surface area contributed by atoms with E-state index in [0.717, 1.165) is 0 Å². The Labute approximate surface area is 30.4 Å². The lowest BCUT2D eigenvalue weighted by atomic mass is 10.9. The van der Waals surface area contributed by atoms with Gasteiger partial charge in [-0.1, -0.05) is 0 Å². The van der Waals surface area contributed by atoms with Crippen molar-refractivity contribution in [2.45, 2.75) is 6.92 Å². The quantitative estimate of drug-likeness (QED) is 0.351. The molecule has 0 rings (SSSR count). The minimum atomic E-state index is 0. The number of hydrogen-bond acceptors (Lipinski definition) is 2. The van der Waals surface area contributed by atoms with Gasteiger partial charge >= 0.3 is 0 Å². The van der Waals surface area contributed by atoms with E-state index >= 15 is 0 Å². The highest BCUT2D eigenvalue weighted by atomic mass is 17.1. The molecule has 0 unspecified atom stereocenters. The van der Waals surface area contributed by atoms with Crippen molar-refractivity contribution in [2.24, 2.45) is 0 Å². The lowest BCUT2D eigenvalue weighted by Crippen LogP contribution is -1.74. The molecule has 1 radical (unpaired) electrons. The normalized spacial score (nSPS) is 6.00. The zero-order chi connectivity index (χ0) is 3.41. The largest absolute Gasteiger partial charge is 0.255 e. The van der Waals surface area contributed by atoms with E-state index in [-0.39, 0.29) is 5.48 Å². The van der Waals surface area contributed by atoms with Crippen LogP contribution in [-0.2, 0) is 4.89 Å². The van der Waals surface area contributed by atoms with Crippen molar-refractivity contribution < 1.29 is 15.6 Å². The summed E-state index contributed by atoms with van der Waals surface area (Å²) in [6.07, 6.45) is 0. The van der Waals surface area contributed by atoms with Crippen LogP contribution in [0.5, 0.6) is 0 Å². The van der Waals surface area contributed by atoms with E-state index in [1.54, 1.807) is 6.92 Å². The molecule has 0 aromatic rings. The molecule has 0 fully saturated rings. The molecule has 0 bridgehead atoms. The minimum Gasteiger partial charge on any atom is -0.255 e. The summed E-state index contributed by atoms with van der Waals surface area (Å²) in [6, 6.07) is 0. The maximum atomic E-state index is 7.38. The molecule has 0 amide bonds. The Morgan fingerprint density at radius 1 is 1.80 bits per heavy atom. The highest BCUT2D eigenvalue weighted by Gasteiger charge is 1.54. The Morgan fingerprint density at radius 2 is 2.00 bits per heavy atom. The smallest absolute Gasteiger partial charge is 0.0791 e. The van der Waals surface area contributed by atoms with Gasteiger partial charge in [-0.05, 0) is 6.92 Å². The van der Waals surface area contributed by atoms with Crippen molar-refractivity contribution in [3.8, 4) is 0 Å². The summed E-state index contributed by atoms with van der Waals surface area (Å²) in [4.78, 5) is 3.54. The lowest BCUT2D eigenvalue weighted by molar-refractivity contribution is -0.237. The third-order valence-corrected chi connectivity index (χ3v) is 0.129. The molecular formula is C2H7O3. The lowest BCUT2D eigenvalue weighted by Gasteiger charge is -1.73. The second-order valence-electron chi connectivity index (χ2n) is 0.418. The molecule has 0 saturated heterocycles. The Kier molecular flexibility index (Phi) is 16.1. The van der Waals surface area contributed by atoms with E-state index < -0.39 is 0 Å². The molecule has 0 aliphatic carbocycles. The van der Waals surface area contributed by atoms with Crippen molar-refractivity contribution in [1.29, 1.82) is 0 Å². The van der Waals surface area contributed by atoms with Crippen molar-refractivity contribution >= 4 is 0 Å². The van der Waals surface area contributed by atoms with Crippen LogP contribution < -0.4 is 0 Å². The van der Waals surface area contributed by atoms with Crippen LogP contribution in [0.1, 0.15) is 6.92 Å². The topological polar surface area (TPSA) is 59.5 Å². The Hall–Kier alpha value is -0.120. The van der Waals surface area contributed by atoms with Gasteiger partial charge in [-0.2, -0.15) is 0 Å². The maximum absolute atomic E-state index is 7.38. The first-order valence-corrected chi connectivity index (χ1v) is 1.18. The van der Waals surface area contributed by atoms with Gasteiger partial charge < -0.3 is 0 Å². The zero-order valence-corrected chi connectivity index (χ0v) is 3.01. The molecular weight excluding hydrogens is 72.0 g/mol. The molecule has 0 aromatic heterocycles. The molecule has 33 valence electrons. The molecule has 2 N–H and O–H groups in total. The summed E-state index contributed by atoms with van der Waals surface area (Å²) < 4.78 is 0. The van der Waals surface area contributed by atoms with Gasteiger partial charge in [0.1, 0.15) is 0 Å². The van der Waals surface area contributed by atoms with Crippen molar-refractivity contribution in [3.05, 3.63) is 0 Å². The van der Waals surface area contributed by atoms with Crippen LogP contribution in [0.3, 0.4) is 0 Å². The number of rotatable bonds is 1. The van der Waals surface area contributed by atoms with Crippen LogP contribution in [0.15, 0.2) is 0 Å². The van der Waals surface area contributed by atoms with Gasteiger partial charge in [0.25, 0.3) is 0 Å². The summed E-state index contributed by atoms with van der Waals surface area (Å²) in [6.45, 7) is 2.08. The average Bonchev–Trinajstić information content (AvgIpc) is 1.37. The van der Waals surface area contributed by atoms with Crippen molar-refractivity contribution in [3.63, 3.8) is 0 Å². The third kappa shape index (κ3) is 17.7. The summed E-state index contributed by atoms with van der Waals surface area (Å²) in [5, 5.41) is 7.38. The second kappa shape index (κ2) is 9.11. The van der Waals surface area contributed by atoms with Gasteiger partial charge in [0.15, 0.2) is 0 Å². The van der Waals surface area contributed by atoms with Crippen LogP contribution in [-0.4, -0.2) is 17.3 Å². The predicted octanol–water partition coefficient (Wildman–Crippen LogP) is 0.319. The first-order valence-electron chi connectivity index (χ1n) is 1.18. The Bertz CT molecular complexity index is 6.85.